The van der Waals surface area contributed by atoms with E-state index < -0.39 is 11.9 Å². The van der Waals surface area contributed by atoms with Crippen molar-refractivity contribution >= 4 is 29.1 Å². The molecule has 0 aromatic heterocycles. The smallest absolute Gasteiger partial charge is 0.409 e. The van der Waals surface area contributed by atoms with Crippen LogP contribution in [-0.4, -0.2) is 55.4 Å². The number of carboxylic acids is 1. The van der Waals surface area contributed by atoms with Gasteiger partial charge >= 0.3 is 12.1 Å². The Morgan fingerprint density at radius 2 is 1.84 bits per heavy atom. The van der Waals surface area contributed by atoms with Crippen molar-refractivity contribution in [2.24, 2.45) is 0 Å². The first-order valence-corrected chi connectivity index (χ1v) is 10.7. The summed E-state index contributed by atoms with van der Waals surface area (Å²) < 4.78 is 4.82. The molecule has 0 aliphatic carbocycles. The molecular weight excluding hydrogens is 408 g/mol. The molecule has 1 atom stereocenters. The molecular formula is C24H28N4O4. The molecule has 1 unspecified atom stereocenters. The summed E-state index contributed by atoms with van der Waals surface area (Å²) in [5.41, 5.74) is 3.84. The van der Waals surface area contributed by atoms with Crippen LogP contribution >= 0.6 is 0 Å². The van der Waals surface area contributed by atoms with Crippen LogP contribution in [0.25, 0.3) is 0 Å². The standard InChI is InChI=1S/C24H28N4O4/c1-3-4-20(23(29)30)18-7-10-22(27-11-13-28(14-12-27)24(31)32-2)21(15-18)26-19-8-5-17(16-25)6-9-19/h5-10,15,20,26H,3-4,11-14H2,1-2H3,(H,29,30). The summed E-state index contributed by atoms with van der Waals surface area (Å²) in [6, 6.07) is 14.9. The predicted octanol–water partition coefficient (Wildman–Crippen LogP) is 4.16. The number of nitrogens with zero attached hydrogens (tertiary/aromatic N) is 3. The summed E-state index contributed by atoms with van der Waals surface area (Å²) >= 11 is 0. The number of benzene rings is 2. The zero-order valence-electron chi connectivity index (χ0n) is 18.4. The van der Waals surface area contributed by atoms with Gasteiger partial charge in [-0.25, -0.2) is 4.79 Å². The molecule has 2 aromatic carbocycles. The van der Waals surface area contributed by atoms with Gasteiger partial charge in [-0.05, 0) is 48.4 Å². The van der Waals surface area contributed by atoms with E-state index in [1.807, 2.05) is 37.3 Å². The normalized spacial score (nSPS) is 14.4. The van der Waals surface area contributed by atoms with Crippen molar-refractivity contribution in [3.63, 3.8) is 0 Å². The molecule has 1 heterocycles. The highest BCUT2D eigenvalue weighted by Crippen LogP contribution is 2.34. The molecule has 1 aliphatic rings. The van der Waals surface area contributed by atoms with Gasteiger partial charge in [0.25, 0.3) is 0 Å². The molecule has 1 amide bonds. The largest absolute Gasteiger partial charge is 0.481 e. The number of piperazine rings is 1. The van der Waals surface area contributed by atoms with Gasteiger partial charge in [-0.3, -0.25) is 4.79 Å². The van der Waals surface area contributed by atoms with E-state index in [4.69, 9.17) is 10.00 Å². The van der Waals surface area contributed by atoms with Crippen molar-refractivity contribution in [3.05, 3.63) is 53.6 Å². The van der Waals surface area contributed by atoms with Crippen molar-refractivity contribution in [1.82, 2.24) is 4.90 Å². The molecule has 32 heavy (non-hydrogen) atoms. The monoisotopic (exact) mass is 436 g/mol. The second-order valence-corrected chi connectivity index (χ2v) is 7.71. The maximum Gasteiger partial charge on any atom is 0.409 e. The molecule has 2 aromatic rings. The van der Waals surface area contributed by atoms with E-state index in [0.29, 0.717) is 38.2 Å². The van der Waals surface area contributed by atoms with Crippen molar-refractivity contribution in [1.29, 1.82) is 5.26 Å². The summed E-state index contributed by atoms with van der Waals surface area (Å²) in [4.78, 5) is 27.5. The van der Waals surface area contributed by atoms with Crippen LogP contribution in [0.4, 0.5) is 21.9 Å². The number of nitriles is 1. The maximum atomic E-state index is 11.8. The lowest BCUT2D eigenvalue weighted by Crippen LogP contribution is -2.48. The summed E-state index contributed by atoms with van der Waals surface area (Å²) in [6.07, 6.45) is 0.995. The summed E-state index contributed by atoms with van der Waals surface area (Å²) in [5.74, 6) is -1.41. The van der Waals surface area contributed by atoms with E-state index in [1.165, 1.54) is 7.11 Å². The van der Waals surface area contributed by atoms with Gasteiger partial charge in [0.1, 0.15) is 0 Å². The molecule has 8 nitrogen and oxygen atoms in total. The van der Waals surface area contributed by atoms with E-state index in [-0.39, 0.29) is 6.09 Å². The minimum Gasteiger partial charge on any atom is -0.481 e. The number of carboxylic acid groups (broad SMARTS) is 1. The summed E-state index contributed by atoms with van der Waals surface area (Å²) in [7, 11) is 1.38. The van der Waals surface area contributed by atoms with Crippen LogP contribution in [0, 0.1) is 11.3 Å². The Balaban J connectivity index is 1.92. The lowest BCUT2D eigenvalue weighted by molar-refractivity contribution is -0.139. The molecule has 168 valence electrons. The topological polar surface area (TPSA) is 106 Å². The van der Waals surface area contributed by atoms with Crippen molar-refractivity contribution in [2.75, 3.05) is 43.5 Å². The number of carbonyl (C=O) groups is 2. The molecule has 0 radical (unpaired) electrons. The first-order chi connectivity index (χ1) is 15.5. The fourth-order valence-electron chi connectivity index (χ4n) is 3.91. The highest BCUT2D eigenvalue weighted by atomic mass is 16.5. The van der Waals surface area contributed by atoms with Crippen molar-refractivity contribution in [2.45, 2.75) is 25.7 Å². The molecule has 1 saturated heterocycles. The number of hydrogen-bond donors (Lipinski definition) is 2. The third kappa shape index (κ3) is 5.30. The Morgan fingerprint density at radius 1 is 1.16 bits per heavy atom. The third-order valence-corrected chi connectivity index (χ3v) is 5.64. The zero-order chi connectivity index (χ0) is 23.1. The van der Waals surface area contributed by atoms with E-state index in [1.54, 1.807) is 17.0 Å². The number of methoxy groups -OCH3 is 1. The maximum absolute atomic E-state index is 11.8. The molecule has 0 spiro atoms. The molecule has 3 rings (SSSR count). The number of ether oxygens (including phenoxy) is 1. The van der Waals surface area contributed by atoms with E-state index in [9.17, 15) is 14.7 Å². The van der Waals surface area contributed by atoms with Crippen LogP contribution in [0.3, 0.4) is 0 Å². The van der Waals surface area contributed by atoms with Gasteiger partial charge in [0.05, 0.1) is 36.0 Å². The van der Waals surface area contributed by atoms with Crippen molar-refractivity contribution < 1.29 is 19.4 Å². The highest BCUT2D eigenvalue weighted by Gasteiger charge is 2.25. The highest BCUT2D eigenvalue weighted by molar-refractivity contribution is 5.81. The van der Waals surface area contributed by atoms with Crippen LogP contribution in [-0.2, 0) is 9.53 Å². The Morgan fingerprint density at radius 3 is 2.41 bits per heavy atom. The minimum atomic E-state index is -0.837. The molecule has 8 heteroatoms. The second kappa shape index (κ2) is 10.5. The van der Waals surface area contributed by atoms with E-state index in [0.717, 1.165) is 29.0 Å². The van der Waals surface area contributed by atoms with Gasteiger partial charge < -0.3 is 25.0 Å². The van der Waals surface area contributed by atoms with Crippen molar-refractivity contribution in [3.8, 4) is 6.07 Å². The average molecular weight is 437 g/mol. The number of amides is 1. The number of rotatable bonds is 7. The number of anilines is 3. The average Bonchev–Trinajstić information content (AvgIpc) is 2.82. The van der Waals surface area contributed by atoms with Gasteiger partial charge in [-0.2, -0.15) is 5.26 Å². The van der Waals surface area contributed by atoms with Gasteiger partial charge in [0, 0.05) is 31.9 Å². The Hall–Kier alpha value is -3.73. The SMILES string of the molecule is CCCC(C(=O)O)c1ccc(N2CCN(C(=O)OC)CC2)c(Nc2ccc(C#N)cc2)c1. The quantitative estimate of drug-likeness (QED) is 0.671. The molecule has 0 bridgehead atoms. The van der Waals surface area contributed by atoms with Crippen LogP contribution in [0.1, 0.15) is 36.8 Å². The number of nitrogens with one attached hydrogen (secondary N) is 1. The molecule has 1 fully saturated rings. The van der Waals surface area contributed by atoms with E-state index >= 15 is 0 Å². The summed E-state index contributed by atoms with van der Waals surface area (Å²) in [5, 5.41) is 22.1. The predicted molar refractivity (Wildman–Crippen MR) is 122 cm³/mol. The zero-order valence-corrected chi connectivity index (χ0v) is 18.4. The number of hydrogen-bond acceptors (Lipinski definition) is 6. The van der Waals surface area contributed by atoms with E-state index in [2.05, 4.69) is 16.3 Å². The number of carbonyl (C=O) groups excluding carboxylic acids is 1. The number of aliphatic carboxylic acids is 1. The van der Waals surface area contributed by atoms with Gasteiger partial charge in [-0.1, -0.05) is 19.4 Å². The fourth-order valence-corrected chi connectivity index (χ4v) is 3.91. The minimum absolute atomic E-state index is 0.334. The Kier molecular flexibility index (Phi) is 7.55. The fraction of sp³-hybridized carbons (Fsp3) is 0.375. The molecule has 2 N–H and O–H groups in total. The molecule has 0 saturated carbocycles. The second-order valence-electron chi connectivity index (χ2n) is 7.71. The van der Waals surface area contributed by atoms with Gasteiger partial charge in [0.15, 0.2) is 0 Å². The lowest BCUT2D eigenvalue weighted by atomic mass is 9.93. The molecule has 1 aliphatic heterocycles. The lowest BCUT2D eigenvalue weighted by Gasteiger charge is -2.36. The first kappa shape index (κ1) is 22.9. The van der Waals surface area contributed by atoms with Gasteiger partial charge in [0.2, 0.25) is 0 Å². The van der Waals surface area contributed by atoms with Crippen LogP contribution in [0.15, 0.2) is 42.5 Å². The Bertz CT molecular complexity index is 992. The summed E-state index contributed by atoms with van der Waals surface area (Å²) in [6.45, 7) is 4.32. The van der Waals surface area contributed by atoms with Gasteiger partial charge in [-0.15, -0.1) is 0 Å². The first-order valence-electron chi connectivity index (χ1n) is 10.7. The third-order valence-electron chi connectivity index (χ3n) is 5.64. The van der Waals surface area contributed by atoms with Crippen LogP contribution < -0.4 is 10.2 Å². The van der Waals surface area contributed by atoms with Crippen LogP contribution in [0.2, 0.25) is 0 Å². The Labute approximate surface area is 188 Å². The van der Waals surface area contributed by atoms with Crippen LogP contribution in [0.5, 0.6) is 0 Å².